The zero-order valence-corrected chi connectivity index (χ0v) is 9.28. The molecule has 0 spiro atoms. The van der Waals surface area contributed by atoms with E-state index >= 15 is 0 Å². The molecule has 4 nitrogen and oxygen atoms in total. The number of aliphatic hydroxyl groups excluding tert-OH is 1. The Balaban J connectivity index is 1.79. The second-order valence-corrected chi connectivity index (χ2v) is 4.86. The smallest absolute Gasteiger partial charge is 0.317 e. The van der Waals surface area contributed by atoms with Crippen molar-refractivity contribution in [1.29, 1.82) is 0 Å². The number of hydrogen-bond donors (Lipinski definition) is 2. The summed E-state index contributed by atoms with van der Waals surface area (Å²) in [5, 5.41) is 12.7. The molecule has 86 valence electrons. The fourth-order valence-electron chi connectivity index (χ4n) is 2.05. The molecule has 2 rings (SSSR count). The van der Waals surface area contributed by atoms with Crippen LogP contribution in [-0.2, 0) is 0 Å². The summed E-state index contributed by atoms with van der Waals surface area (Å²) in [5.74, 6) is 0.317. The molecule has 1 aliphatic carbocycles. The van der Waals surface area contributed by atoms with Gasteiger partial charge in [0.05, 0.1) is 6.10 Å². The average Bonchev–Trinajstić information content (AvgIpc) is 2.15. The quantitative estimate of drug-likeness (QED) is 0.680. The summed E-state index contributed by atoms with van der Waals surface area (Å²) in [6.07, 6.45) is 3.99. The summed E-state index contributed by atoms with van der Waals surface area (Å²) >= 11 is 0. The molecule has 2 fully saturated rings. The monoisotopic (exact) mass is 212 g/mol. The number of hydrogen-bond acceptors (Lipinski definition) is 2. The average molecular weight is 212 g/mol. The second kappa shape index (κ2) is 4.39. The molecule has 0 aromatic heterocycles. The lowest BCUT2D eigenvalue weighted by atomic mass is 9.93. The number of piperidine rings is 1. The van der Waals surface area contributed by atoms with Crippen LogP contribution < -0.4 is 5.32 Å². The van der Waals surface area contributed by atoms with Gasteiger partial charge in [0.2, 0.25) is 0 Å². The molecule has 2 aliphatic rings. The molecule has 2 N–H and O–H groups in total. The molecular formula is C11H20N2O2. The first-order valence-corrected chi connectivity index (χ1v) is 5.90. The standard InChI is InChI=1S/C11H20N2O2/c1-8-5-6-13(7-10(8)14)11(15)12-9-3-2-4-9/h8-10,14H,2-7H2,1H3,(H,12,15). The third kappa shape index (κ3) is 2.43. The van der Waals surface area contributed by atoms with Gasteiger partial charge in [-0.05, 0) is 31.6 Å². The van der Waals surface area contributed by atoms with E-state index in [1.54, 1.807) is 4.90 Å². The van der Waals surface area contributed by atoms with Gasteiger partial charge in [0, 0.05) is 19.1 Å². The molecule has 0 bridgehead atoms. The fourth-order valence-corrected chi connectivity index (χ4v) is 2.05. The first kappa shape index (κ1) is 10.7. The summed E-state index contributed by atoms with van der Waals surface area (Å²) in [4.78, 5) is 13.5. The van der Waals surface area contributed by atoms with Crippen molar-refractivity contribution in [2.24, 2.45) is 5.92 Å². The van der Waals surface area contributed by atoms with Crippen molar-refractivity contribution >= 4 is 6.03 Å². The molecule has 2 atom stereocenters. The van der Waals surface area contributed by atoms with Crippen LogP contribution in [0.3, 0.4) is 0 Å². The number of likely N-dealkylation sites (tertiary alicyclic amines) is 1. The van der Waals surface area contributed by atoms with E-state index in [4.69, 9.17) is 0 Å². The summed E-state index contributed by atoms with van der Waals surface area (Å²) in [6, 6.07) is 0.389. The molecule has 0 aromatic rings. The van der Waals surface area contributed by atoms with Gasteiger partial charge in [-0.2, -0.15) is 0 Å². The lowest BCUT2D eigenvalue weighted by Gasteiger charge is -2.36. The zero-order chi connectivity index (χ0) is 10.8. The number of carbonyl (C=O) groups excluding carboxylic acids is 1. The van der Waals surface area contributed by atoms with Crippen molar-refractivity contribution in [3.05, 3.63) is 0 Å². The van der Waals surface area contributed by atoms with Crippen LogP contribution >= 0.6 is 0 Å². The number of aliphatic hydroxyl groups is 1. The van der Waals surface area contributed by atoms with Crippen LogP contribution in [0.25, 0.3) is 0 Å². The Morgan fingerprint density at radius 3 is 2.67 bits per heavy atom. The van der Waals surface area contributed by atoms with Gasteiger partial charge in [0.25, 0.3) is 0 Å². The Labute approximate surface area is 90.6 Å². The number of carbonyl (C=O) groups is 1. The number of urea groups is 1. The van der Waals surface area contributed by atoms with Gasteiger partial charge < -0.3 is 15.3 Å². The van der Waals surface area contributed by atoms with Crippen LogP contribution in [0.4, 0.5) is 4.79 Å². The Morgan fingerprint density at radius 2 is 2.13 bits per heavy atom. The van der Waals surface area contributed by atoms with E-state index in [0.717, 1.165) is 25.8 Å². The minimum atomic E-state index is -0.356. The van der Waals surface area contributed by atoms with Gasteiger partial charge >= 0.3 is 6.03 Å². The molecule has 4 heteroatoms. The van der Waals surface area contributed by atoms with Crippen LogP contribution in [-0.4, -0.2) is 41.3 Å². The molecule has 1 aliphatic heterocycles. The number of nitrogens with one attached hydrogen (secondary N) is 1. The zero-order valence-electron chi connectivity index (χ0n) is 9.28. The highest BCUT2D eigenvalue weighted by atomic mass is 16.3. The van der Waals surface area contributed by atoms with Crippen molar-refractivity contribution in [3.63, 3.8) is 0 Å². The van der Waals surface area contributed by atoms with Gasteiger partial charge in [-0.1, -0.05) is 6.92 Å². The van der Waals surface area contributed by atoms with Crippen molar-refractivity contribution in [2.75, 3.05) is 13.1 Å². The Kier molecular flexibility index (Phi) is 3.14. The van der Waals surface area contributed by atoms with Gasteiger partial charge in [-0.15, -0.1) is 0 Å². The van der Waals surface area contributed by atoms with Crippen molar-refractivity contribution in [3.8, 4) is 0 Å². The Bertz CT molecular complexity index is 241. The maximum absolute atomic E-state index is 11.8. The van der Waals surface area contributed by atoms with Crippen LogP contribution in [0.5, 0.6) is 0 Å². The molecule has 0 radical (unpaired) electrons. The molecule has 2 unspecified atom stereocenters. The topological polar surface area (TPSA) is 52.6 Å². The minimum absolute atomic E-state index is 0.00523. The number of β-amino-alcohol motifs (C(OH)–C–C–N with tert-alkyl or cyclic N) is 1. The van der Waals surface area contributed by atoms with E-state index in [1.165, 1.54) is 6.42 Å². The second-order valence-electron chi connectivity index (χ2n) is 4.86. The maximum Gasteiger partial charge on any atom is 0.317 e. The van der Waals surface area contributed by atoms with Crippen LogP contribution in [0, 0.1) is 5.92 Å². The Morgan fingerprint density at radius 1 is 1.40 bits per heavy atom. The van der Waals surface area contributed by atoms with E-state index in [1.807, 2.05) is 6.92 Å². The normalized spacial score (nSPS) is 32.3. The van der Waals surface area contributed by atoms with Crippen LogP contribution in [0.2, 0.25) is 0 Å². The van der Waals surface area contributed by atoms with Crippen LogP contribution in [0.15, 0.2) is 0 Å². The third-order valence-electron chi connectivity index (χ3n) is 3.64. The minimum Gasteiger partial charge on any atom is -0.391 e. The highest BCUT2D eigenvalue weighted by molar-refractivity contribution is 5.74. The predicted octanol–water partition coefficient (Wildman–Crippen LogP) is 0.951. The molecular weight excluding hydrogens is 192 g/mol. The lowest BCUT2D eigenvalue weighted by Crippen LogP contribution is -2.52. The maximum atomic E-state index is 11.8. The highest BCUT2D eigenvalue weighted by Gasteiger charge is 2.29. The van der Waals surface area contributed by atoms with E-state index < -0.39 is 0 Å². The van der Waals surface area contributed by atoms with Gasteiger partial charge in [-0.25, -0.2) is 4.79 Å². The highest BCUT2D eigenvalue weighted by Crippen LogP contribution is 2.20. The number of amides is 2. The first-order valence-electron chi connectivity index (χ1n) is 5.90. The van der Waals surface area contributed by atoms with E-state index in [9.17, 15) is 9.90 Å². The molecule has 0 aromatic carbocycles. The first-order chi connectivity index (χ1) is 7.16. The molecule has 1 heterocycles. The van der Waals surface area contributed by atoms with Crippen molar-refractivity contribution in [1.82, 2.24) is 10.2 Å². The SMILES string of the molecule is CC1CCN(C(=O)NC2CCC2)CC1O. The van der Waals surface area contributed by atoms with Crippen LogP contribution in [0.1, 0.15) is 32.6 Å². The van der Waals surface area contributed by atoms with E-state index in [2.05, 4.69) is 5.32 Å². The molecule has 1 saturated carbocycles. The van der Waals surface area contributed by atoms with E-state index in [0.29, 0.717) is 18.5 Å². The summed E-state index contributed by atoms with van der Waals surface area (Å²) in [7, 11) is 0. The number of nitrogens with zero attached hydrogens (tertiary/aromatic N) is 1. The van der Waals surface area contributed by atoms with Gasteiger partial charge in [0.15, 0.2) is 0 Å². The van der Waals surface area contributed by atoms with Gasteiger partial charge in [0.1, 0.15) is 0 Å². The molecule has 1 saturated heterocycles. The summed E-state index contributed by atoms with van der Waals surface area (Å²) in [5.41, 5.74) is 0. The van der Waals surface area contributed by atoms with Crippen molar-refractivity contribution in [2.45, 2.75) is 44.8 Å². The van der Waals surface area contributed by atoms with Crippen molar-refractivity contribution < 1.29 is 9.90 Å². The Hall–Kier alpha value is -0.770. The molecule has 15 heavy (non-hydrogen) atoms. The van der Waals surface area contributed by atoms with Gasteiger partial charge in [-0.3, -0.25) is 0 Å². The third-order valence-corrected chi connectivity index (χ3v) is 3.64. The largest absolute Gasteiger partial charge is 0.391 e. The summed E-state index contributed by atoms with van der Waals surface area (Å²) < 4.78 is 0. The number of rotatable bonds is 1. The fraction of sp³-hybridized carbons (Fsp3) is 0.909. The predicted molar refractivity (Wildman–Crippen MR) is 57.5 cm³/mol. The van der Waals surface area contributed by atoms with E-state index in [-0.39, 0.29) is 12.1 Å². The lowest BCUT2D eigenvalue weighted by molar-refractivity contribution is 0.0423. The molecule has 2 amide bonds. The summed E-state index contributed by atoms with van der Waals surface area (Å²) in [6.45, 7) is 3.29.